The number of hydrogen-bond acceptors (Lipinski definition) is 2. The van der Waals surface area contributed by atoms with E-state index < -0.39 is 0 Å². The summed E-state index contributed by atoms with van der Waals surface area (Å²) in [6.07, 6.45) is 2.42. The van der Waals surface area contributed by atoms with Crippen molar-refractivity contribution < 1.29 is 14.5 Å². The maximum Gasteiger partial charge on any atom is 0.315 e. The minimum Gasteiger partial charge on any atom is -0.336 e. The minimum atomic E-state index is -0.179. The molecule has 2 atom stereocenters. The monoisotopic (exact) mass is 375 g/mol. The van der Waals surface area contributed by atoms with Gasteiger partial charge in [-0.3, -0.25) is 4.79 Å². The van der Waals surface area contributed by atoms with Gasteiger partial charge in [-0.2, -0.15) is 0 Å². The fraction of sp³-hybridized carbons (Fsp3) is 0.619. The van der Waals surface area contributed by atoms with Crippen molar-refractivity contribution in [2.75, 3.05) is 31.1 Å². The number of benzene rings is 1. The molecule has 0 spiro atoms. The summed E-state index contributed by atoms with van der Waals surface area (Å²) < 4.78 is 0. The van der Waals surface area contributed by atoms with Gasteiger partial charge in [0, 0.05) is 24.7 Å². The van der Waals surface area contributed by atoms with Gasteiger partial charge in [0.1, 0.15) is 0 Å². The van der Waals surface area contributed by atoms with Gasteiger partial charge in [0.25, 0.3) is 0 Å². The van der Waals surface area contributed by atoms with E-state index in [-0.39, 0.29) is 24.0 Å². The predicted octanol–water partition coefficient (Wildman–Crippen LogP) is 1.49. The molecule has 1 aliphatic rings. The molecule has 3 amide bonds. The molecule has 0 bridgehead atoms. The highest BCUT2D eigenvalue weighted by Crippen LogP contribution is 2.21. The number of hydrogen-bond donors (Lipinski definition) is 3. The fourth-order valence-corrected chi connectivity index (χ4v) is 3.56. The summed E-state index contributed by atoms with van der Waals surface area (Å²) in [6, 6.07) is 7.71. The molecule has 1 heterocycles. The van der Waals surface area contributed by atoms with Gasteiger partial charge in [-0.1, -0.05) is 17.7 Å². The third kappa shape index (κ3) is 6.54. The highest BCUT2D eigenvalue weighted by Gasteiger charge is 2.31. The maximum atomic E-state index is 12.3. The molecule has 6 nitrogen and oxygen atoms in total. The van der Waals surface area contributed by atoms with Crippen LogP contribution in [-0.4, -0.2) is 50.2 Å². The number of urea groups is 1. The van der Waals surface area contributed by atoms with E-state index in [1.165, 1.54) is 0 Å². The number of carbonyl (C=O) groups excluding carboxylic acids is 2. The molecule has 27 heavy (non-hydrogen) atoms. The van der Waals surface area contributed by atoms with E-state index in [9.17, 15) is 9.59 Å². The molecular weight excluding hydrogens is 340 g/mol. The lowest BCUT2D eigenvalue weighted by Crippen LogP contribution is -3.11. The third-order valence-electron chi connectivity index (χ3n) is 5.35. The highest BCUT2D eigenvalue weighted by molar-refractivity contribution is 5.96. The average molecular weight is 376 g/mol. The van der Waals surface area contributed by atoms with Crippen molar-refractivity contribution in [3.63, 3.8) is 0 Å². The molecule has 1 saturated heterocycles. The summed E-state index contributed by atoms with van der Waals surface area (Å²) >= 11 is 0. The molecule has 1 aliphatic heterocycles. The van der Waals surface area contributed by atoms with Crippen LogP contribution in [0, 0.1) is 6.92 Å². The summed E-state index contributed by atoms with van der Waals surface area (Å²) in [7, 11) is 0. The maximum absolute atomic E-state index is 12.3. The van der Waals surface area contributed by atoms with Crippen LogP contribution in [0.25, 0.3) is 0 Å². The largest absolute Gasteiger partial charge is 0.336 e. The van der Waals surface area contributed by atoms with Crippen molar-refractivity contribution in [2.24, 2.45) is 0 Å². The van der Waals surface area contributed by atoms with Crippen LogP contribution >= 0.6 is 0 Å². The Kier molecular flexibility index (Phi) is 8.10. The van der Waals surface area contributed by atoms with Gasteiger partial charge in [0.05, 0.1) is 25.7 Å². The quantitative estimate of drug-likeness (QED) is 0.612. The zero-order valence-electron chi connectivity index (χ0n) is 17.2. The Morgan fingerprint density at radius 2 is 1.93 bits per heavy atom. The minimum absolute atomic E-state index is 0.0550. The SMILES string of the molecule is CC[NH+](CC)CCC[C@@H](C)NC(=O)N[C@H]1CC(=O)N(c2ccc(C)cc2)C1. The molecule has 2 rings (SSSR count). The Morgan fingerprint density at radius 1 is 1.26 bits per heavy atom. The van der Waals surface area contributed by atoms with Gasteiger partial charge in [-0.15, -0.1) is 0 Å². The van der Waals surface area contributed by atoms with Gasteiger partial charge in [-0.05, 0) is 52.7 Å². The smallest absolute Gasteiger partial charge is 0.315 e. The first-order valence-electron chi connectivity index (χ1n) is 10.2. The molecule has 3 N–H and O–H groups in total. The second-order valence-electron chi connectivity index (χ2n) is 7.61. The van der Waals surface area contributed by atoms with E-state index in [2.05, 4.69) is 24.5 Å². The van der Waals surface area contributed by atoms with Crippen LogP contribution in [-0.2, 0) is 4.79 Å². The lowest BCUT2D eigenvalue weighted by Gasteiger charge is -2.20. The summed E-state index contributed by atoms with van der Waals surface area (Å²) in [6.45, 7) is 12.4. The van der Waals surface area contributed by atoms with Crippen LogP contribution < -0.4 is 20.4 Å². The first-order chi connectivity index (χ1) is 12.9. The first-order valence-corrected chi connectivity index (χ1v) is 10.2. The summed E-state index contributed by atoms with van der Waals surface area (Å²) in [5.41, 5.74) is 2.05. The van der Waals surface area contributed by atoms with Crippen molar-refractivity contribution in [3.05, 3.63) is 29.8 Å². The normalized spacial score (nSPS) is 18.0. The molecule has 0 saturated carbocycles. The Bertz CT molecular complexity index is 613. The zero-order valence-corrected chi connectivity index (χ0v) is 17.2. The number of rotatable bonds is 9. The van der Waals surface area contributed by atoms with Crippen molar-refractivity contribution >= 4 is 17.6 Å². The van der Waals surface area contributed by atoms with E-state index in [1.54, 1.807) is 9.80 Å². The number of nitrogens with zero attached hydrogens (tertiary/aromatic N) is 1. The number of quaternary nitrogens is 1. The van der Waals surface area contributed by atoms with E-state index in [1.807, 2.05) is 38.1 Å². The van der Waals surface area contributed by atoms with Crippen molar-refractivity contribution in [2.45, 2.75) is 59.0 Å². The van der Waals surface area contributed by atoms with Crippen molar-refractivity contribution in [1.29, 1.82) is 0 Å². The molecule has 0 unspecified atom stereocenters. The molecule has 0 aliphatic carbocycles. The number of carbonyl (C=O) groups is 2. The van der Waals surface area contributed by atoms with E-state index in [4.69, 9.17) is 0 Å². The summed E-state index contributed by atoms with van der Waals surface area (Å²) in [4.78, 5) is 27.9. The van der Waals surface area contributed by atoms with E-state index in [0.717, 1.165) is 43.7 Å². The van der Waals surface area contributed by atoms with Gasteiger partial charge in [-0.25, -0.2) is 4.79 Å². The van der Waals surface area contributed by atoms with Gasteiger partial charge < -0.3 is 20.4 Å². The lowest BCUT2D eigenvalue weighted by atomic mass is 10.2. The molecule has 1 fully saturated rings. The Morgan fingerprint density at radius 3 is 2.56 bits per heavy atom. The lowest BCUT2D eigenvalue weighted by molar-refractivity contribution is -0.896. The Balaban J connectivity index is 1.74. The molecule has 0 radical (unpaired) electrons. The van der Waals surface area contributed by atoms with E-state index >= 15 is 0 Å². The van der Waals surface area contributed by atoms with Crippen molar-refractivity contribution in [3.8, 4) is 0 Å². The zero-order chi connectivity index (χ0) is 19.8. The standard InChI is InChI=1S/C21H34N4O2/c1-5-24(6-2)13-7-8-17(4)22-21(27)23-18-14-20(26)25(15-18)19-11-9-16(3)10-12-19/h9-12,17-18H,5-8,13-15H2,1-4H3,(H2,22,23,27)/p+1/t17-,18+/m1/s1. The molecule has 1 aromatic carbocycles. The Hall–Kier alpha value is -2.08. The van der Waals surface area contributed by atoms with Gasteiger partial charge in [0.15, 0.2) is 0 Å². The van der Waals surface area contributed by atoms with Crippen LogP contribution in [0.15, 0.2) is 24.3 Å². The van der Waals surface area contributed by atoms with Gasteiger partial charge in [0.2, 0.25) is 5.91 Å². The molecular formula is C21H35N4O2+. The number of aryl methyl sites for hydroxylation is 1. The molecule has 0 aromatic heterocycles. The second-order valence-corrected chi connectivity index (χ2v) is 7.61. The molecule has 1 aromatic rings. The molecule has 6 heteroatoms. The van der Waals surface area contributed by atoms with E-state index in [0.29, 0.717) is 13.0 Å². The first kappa shape index (κ1) is 21.2. The average Bonchev–Trinajstić information content (AvgIpc) is 2.99. The van der Waals surface area contributed by atoms with Crippen LogP contribution in [0.1, 0.15) is 45.6 Å². The van der Waals surface area contributed by atoms with Crippen LogP contribution in [0.3, 0.4) is 0 Å². The predicted molar refractivity (Wildman–Crippen MR) is 109 cm³/mol. The summed E-state index contributed by atoms with van der Waals surface area (Å²) in [5.74, 6) is 0.0550. The number of anilines is 1. The van der Waals surface area contributed by atoms with Crippen LogP contribution in [0.4, 0.5) is 10.5 Å². The van der Waals surface area contributed by atoms with Gasteiger partial charge >= 0.3 is 6.03 Å². The summed E-state index contributed by atoms with van der Waals surface area (Å²) in [5, 5.41) is 5.96. The topological polar surface area (TPSA) is 65.9 Å². The fourth-order valence-electron chi connectivity index (χ4n) is 3.56. The second kappa shape index (κ2) is 10.3. The van der Waals surface area contributed by atoms with Crippen LogP contribution in [0.2, 0.25) is 0 Å². The number of nitrogens with one attached hydrogen (secondary N) is 3. The highest BCUT2D eigenvalue weighted by atomic mass is 16.2. The number of amides is 3. The molecule has 150 valence electrons. The third-order valence-corrected chi connectivity index (χ3v) is 5.35. The Labute approximate surface area is 163 Å². The van der Waals surface area contributed by atoms with Crippen LogP contribution in [0.5, 0.6) is 0 Å². The van der Waals surface area contributed by atoms with Crippen molar-refractivity contribution in [1.82, 2.24) is 10.6 Å².